The van der Waals surface area contributed by atoms with Gasteiger partial charge in [0.2, 0.25) is 11.8 Å². The van der Waals surface area contributed by atoms with Gasteiger partial charge in [-0.25, -0.2) is 4.79 Å². The third-order valence-corrected chi connectivity index (χ3v) is 10.4. The largest absolute Gasteiger partial charge is 0.480 e. The average Bonchev–Trinajstić information content (AvgIpc) is 3.32. The van der Waals surface area contributed by atoms with Crippen molar-refractivity contribution < 1.29 is 19.5 Å². The van der Waals surface area contributed by atoms with Crippen LogP contribution < -0.4 is 4.87 Å². The minimum atomic E-state index is -1.12. The van der Waals surface area contributed by atoms with E-state index in [0.717, 1.165) is 21.2 Å². The Labute approximate surface area is 176 Å². The number of thiazole rings is 1. The number of H-pyrrole nitrogens is 1. The van der Waals surface area contributed by atoms with Crippen molar-refractivity contribution in [2.45, 2.75) is 55.8 Å². The van der Waals surface area contributed by atoms with E-state index in [4.69, 9.17) is 0 Å². The smallest absolute Gasteiger partial charge is 0.327 e. The normalized spacial score (nSPS) is 37.6. The number of aliphatic carboxylic acids is 1. The molecular formula is C20H24N2O5S2. The van der Waals surface area contributed by atoms with Gasteiger partial charge in [0.25, 0.3) is 0 Å². The van der Waals surface area contributed by atoms with Gasteiger partial charge in [-0.2, -0.15) is 0 Å². The lowest BCUT2D eigenvalue weighted by Crippen LogP contribution is -2.49. The predicted molar refractivity (Wildman–Crippen MR) is 108 cm³/mol. The number of hydrogen-bond donors (Lipinski definition) is 2. The van der Waals surface area contributed by atoms with Gasteiger partial charge in [-0.1, -0.05) is 39.0 Å². The van der Waals surface area contributed by atoms with E-state index in [9.17, 15) is 24.3 Å². The van der Waals surface area contributed by atoms with Crippen LogP contribution in [0.2, 0.25) is 0 Å². The first-order valence-corrected chi connectivity index (χ1v) is 11.7. The van der Waals surface area contributed by atoms with E-state index < -0.39 is 23.8 Å². The molecule has 0 aromatic carbocycles. The fourth-order valence-corrected chi connectivity index (χ4v) is 9.80. The van der Waals surface area contributed by atoms with Gasteiger partial charge in [0, 0.05) is 15.5 Å². The summed E-state index contributed by atoms with van der Waals surface area (Å²) in [6, 6.07) is -1.11. The van der Waals surface area contributed by atoms with Crippen molar-refractivity contribution in [3.05, 3.63) is 14.5 Å². The third-order valence-electron chi connectivity index (χ3n) is 7.59. The number of rotatable bonds is 3. The van der Waals surface area contributed by atoms with Crippen LogP contribution in [-0.4, -0.2) is 44.1 Å². The van der Waals surface area contributed by atoms with Crippen LogP contribution in [0.15, 0.2) is 9.82 Å². The van der Waals surface area contributed by atoms with Crippen molar-refractivity contribution in [1.82, 2.24) is 9.88 Å². The summed E-state index contributed by atoms with van der Waals surface area (Å²) in [5.41, 5.74) is -0.263. The molecule has 2 aliphatic carbocycles. The highest BCUT2D eigenvalue weighted by Gasteiger charge is 2.71. The Kier molecular flexibility index (Phi) is 3.98. The maximum atomic E-state index is 13.4. The van der Waals surface area contributed by atoms with Gasteiger partial charge < -0.3 is 10.1 Å². The molecule has 4 aliphatic rings. The zero-order valence-corrected chi connectivity index (χ0v) is 18.3. The number of carbonyl (C=O) groups is 3. The Hall–Kier alpha value is -1.61. The summed E-state index contributed by atoms with van der Waals surface area (Å²) in [7, 11) is 0. The van der Waals surface area contributed by atoms with Crippen LogP contribution in [0.5, 0.6) is 0 Å². The second-order valence-electron chi connectivity index (χ2n) is 9.69. The number of nitrogens with one attached hydrogen (secondary N) is 1. The molecule has 9 heteroatoms. The number of nitrogens with zero attached hydrogens (tertiary/aromatic N) is 1. The van der Waals surface area contributed by atoms with Crippen molar-refractivity contribution in [2.24, 2.45) is 35.5 Å². The molecule has 2 N–H and O–H groups in total. The van der Waals surface area contributed by atoms with Gasteiger partial charge in [0.15, 0.2) is 0 Å². The summed E-state index contributed by atoms with van der Waals surface area (Å²) in [5, 5.41) is 10.7. The molecule has 2 aliphatic heterocycles. The van der Waals surface area contributed by atoms with E-state index in [1.54, 1.807) is 25.6 Å². The molecule has 3 heterocycles. The molecule has 2 bridgehead atoms. The number of aromatic nitrogens is 1. The average molecular weight is 437 g/mol. The van der Waals surface area contributed by atoms with E-state index in [2.05, 4.69) is 18.8 Å². The molecule has 29 heavy (non-hydrogen) atoms. The molecule has 2 amide bonds. The Morgan fingerprint density at radius 3 is 2.38 bits per heavy atom. The zero-order valence-electron chi connectivity index (χ0n) is 16.7. The van der Waals surface area contributed by atoms with Crippen molar-refractivity contribution in [2.75, 3.05) is 0 Å². The summed E-state index contributed by atoms with van der Waals surface area (Å²) < 4.78 is 0. The Bertz CT molecular complexity index is 995. The van der Waals surface area contributed by atoms with Crippen molar-refractivity contribution in [3.63, 3.8) is 0 Å². The van der Waals surface area contributed by atoms with Crippen LogP contribution in [0.1, 0.15) is 39.0 Å². The molecule has 0 unspecified atom stereocenters. The summed E-state index contributed by atoms with van der Waals surface area (Å²) in [6.07, 6.45) is 0.824. The first kappa shape index (κ1) is 19.4. The first-order chi connectivity index (χ1) is 13.6. The molecule has 7 atom stereocenters. The maximum Gasteiger partial charge on any atom is 0.327 e. The lowest BCUT2D eigenvalue weighted by atomic mass is 9.64. The molecule has 156 valence electrons. The molecule has 1 saturated heterocycles. The Balaban J connectivity index is 1.56. The van der Waals surface area contributed by atoms with Crippen molar-refractivity contribution >= 4 is 40.9 Å². The monoisotopic (exact) mass is 436 g/mol. The molecule has 5 rings (SSSR count). The molecule has 7 nitrogen and oxygen atoms in total. The molecule has 0 spiro atoms. The van der Waals surface area contributed by atoms with Crippen molar-refractivity contribution in [1.29, 1.82) is 0 Å². The van der Waals surface area contributed by atoms with Gasteiger partial charge in [-0.15, -0.1) is 11.8 Å². The van der Waals surface area contributed by atoms with Gasteiger partial charge >= 0.3 is 10.8 Å². The van der Waals surface area contributed by atoms with Crippen LogP contribution >= 0.6 is 23.1 Å². The minimum Gasteiger partial charge on any atom is -0.480 e. The quantitative estimate of drug-likeness (QED) is 0.703. The number of amides is 2. The molecule has 2 saturated carbocycles. The standard InChI is InChI=1S/C20H24N2O5S2/c1-6(2)12(18(25)26)22-16(23)9-7-5-8(10(9)17(22)24)13-11(7)20(3,4)14-15(28-13)21-19(27)29-14/h6-13H,5H2,1-4H3,(H,21,27)(H,25,26)/t7-,8-,9-,10+,11+,12+,13+/m0/s1. The minimum absolute atomic E-state index is 0.0406. The highest BCUT2D eigenvalue weighted by Crippen LogP contribution is 2.69. The SMILES string of the molecule is CC(C)[C@H](C(=O)O)N1C(=O)[C@@H]2[C@@H]3C[C@@H]([C@@H]2C1=O)[C@@H]1[C@@H]3Sc2[nH]c(=O)sc2C1(C)C. The predicted octanol–water partition coefficient (Wildman–Crippen LogP) is 2.16. The molecular weight excluding hydrogens is 412 g/mol. The highest BCUT2D eigenvalue weighted by molar-refractivity contribution is 8.00. The van der Waals surface area contributed by atoms with Crippen LogP contribution in [0, 0.1) is 35.5 Å². The second-order valence-corrected chi connectivity index (χ2v) is 11.9. The number of aromatic amines is 1. The number of imide groups is 1. The third kappa shape index (κ3) is 2.31. The van der Waals surface area contributed by atoms with E-state index in [0.29, 0.717) is 0 Å². The number of hydrogen-bond acceptors (Lipinski definition) is 6. The maximum absolute atomic E-state index is 13.4. The highest BCUT2D eigenvalue weighted by atomic mass is 32.2. The summed E-state index contributed by atoms with van der Waals surface area (Å²) in [4.78, 5) is 55.4. The number of carbonyl (C=O) groups excluding carboxylic acids is 2. The van der Waals surface area contributed by atoms with Crippen LogP contribution in [0.3, 0.4) is 0 Å². The van der Waals surface area contributed by atoms with E-state index in [-0.39, 0.29) is 51.0 Å². The van der Waals surface area contributed by atoms with Crippen molar-refractivity contribution in [3.8, 4) is 0 Å². The molecule has 3 fully saturated rings. The van der Waals surface area contributed by atoms with E-state index in [1.807, 2.05) is 0 Å². The fraction of sp³-hybridized carbons (Fsp3) is 0.700. The molecule has 1 aromatic heterocycles. The lowest BCUT2D eigenvalue weighted by molar-refractivity contribution is -0.157. The lowest BCUT2D eigenvalue weighted by Gasteiger charge is -2.47. The molecule has 0 radical (unpaired) electrons. The Morgan fingerprint density at radius 2 is 1.79 bits per heavy atom. The fourth-order valence-electron chi connectivity index (χ4n) is 6.64. The van der Waals surface area contributed by atoms with Gasteiger partial charge in [0.1, 0.15) is 6.04 Å². The Morgan fingerprint density at radius 1 is 1.17 bits per heavy atom. The first-order valence-electron chi connectivity index (χ1n) is 10.1. The number of likely N-dealkylation sites (tertiary alicyclic amines) is 1. The second kappa shape index (κ2) is 5.97. The number of fused-ring (bicyclic) bond motifs is 9. The van der Waals surface area contributed by atoms with E-state index >= 15 is 0 Å². The summed E-state index contributed by atoms with van der Waals surface area (Å²) in [6.45, 7) is 7.73. The topological polar surface area (TPSA) is 108 Å². The number of thioether (sulfide) groups is 1. The number of carboxylic acid groups (broad SMARTS) is 1. The summed E-state index contributed by atoms with van der Waals surface area (Å²) in [5.74, 6) is -2.66. The van der Waals surface area contributed by atoms with E-state index in [1.165, 1.54) is 11.3 Å². The van der Waals surface area contributed by atoms with Crippen LogP contribution in [0.4, 0.5) is 0 Å². The van der Waals surface area contributed by atoms with Crippen LogP contribution in [-0.2, 0) is 19.8 Å². The number of carboxylic acids is 1. The van der Waals surface area contributed by atoms with Crippen LogP contribution in [0.25, 0.3) is 0 Å². The van der Waals surface area contributed by atoms with Gasteiger partial charge in [0.05, 0.1) is 16.9 Å². The molecule has 1 aromatic rings. The zero-order chi connectivity index (χ0) is 21.0. The summed E-state index contributed by atoms with van der Waals surface area (Å²) >= 11 is 2.89. The van der Waals surface area contributed by atoms with Gasteiger partial charge in [-0.05, 0) is 30.1 Å². The van der Waals surface area contributed by atoms with Gasteiger partial charge in [-0.3, -0.25) is 19.3 Å².